The van der Waals surface area contributed by atoms with E-state index in [0.717, 1.165) is 23.7 Å². The molecule has 1 aliphatic carbocycles. The fourth-order valence-electron chi connectivity index (χ4n) is 2.15. The molecule has 1 saturated carbocycles. The molecule has 0 bridgehead atoms. The van der Waals surface area contributed by atoms with Gasteiger partial charge in [0, 0.05) is 30.9 Å². The van der Waals surface area contributed by atoms with Gasteiger partial charge in [0.2, 0.25) is 0 Å². The highest BCUT2D eigenvalue weighted by Gasteiger charge is 2.39. The minimum atomic E-state index is 0.622. The monoisotopic (exact) mass is 235 g/mol. The Labute approximate surface area is 99.5 Å². The van der Waals surface area contributed by atoms with E-state index in [2.05, 4.69) is 39.4 Å². The lowest BCUT2D eigenvalue weighted by atomic mass is 10.0. The van der Waals surface area contributed by atoms with Crippen LogP contribution >= 0.6 is 11.3 Å². The van der Waals surface area contributed by atoms with E-state index in [1.54, 1.807) is 11.3 Å². The van der Waals surface area contributed by atoms with Gasteiger partial charge in [-0.25, -0.2) is 4.98 Å². The Morgan fingerprint density at radius 3 is 3.12 bits per heavy atom. The number of hydrogen-bond acceptors (Lipinski definition) is 3. The molecule has 1 fully saturated rings. The van der Waals surface area contributed by atoms with Gasteiger partial charge in [-0.1, -0.05) is 6.92 Å². The Bertz CT molecular complexity index is 453. The number of fused-ring (bicyclic) bond motifs is 1. The van der Waals surface area contributed by atoms with Crippen LogP contribution in [0.3, 0.4) is 0 Å². The smallest absolute Gasteiger partial charge is 0.193 e. The topological polar surface area (TPSA) is 29.3 Å². The predicted octanol–water partition coefficient (Wildman–Crippen LogP) is 2.68. The maximum atomic E-state index is 4.56. The molecule has 2 heterocycles. The van der Waals surface area contributed by atoms with Gasteiger partial charge >= 0.3 is 0 Å². The van der Waals surface area contributed by atoms with E-state index >= 15 is 0 Å². The first-order valence-electron chi connectivity index (χ1n) is 5.93. The SMILES string of the molecule is CCC1(CNCc2cn3ccsc3n2)CC1. The van der Waals surface area contributed by atoms with Gasteiger partial charge in [0.05, 0.1) is 5.69 Å². The third kappa shape index (κ3) is 1.87. The first-order valence-corrected chi connectivity index (χ1v) is 6.81. The zero-order valence-electron chi connectivity index (χ0n) is 9.57. The summed E-state index contributed by atoms with van der Waals surface area (Å²) in [7, 11) is 0. The highest BCUT2D eigenvalue weighted by molar-refractivity contribution is 7.15. The van der Waals surface area contributed by atoms with Crippen LogP contribution in [0.1, 0.15) is 31.9 Å². The lowest BCUT2D eigenvalue weighted by Crippen LogP contribution is -2.23. The zero-order valence-corrected chi connectivity index (χ0v) is 10.4. The number of aromatic nitrogens is 2. The van der Waals surface area contributed by atoms with Crippen molar-refractivity contribution in [2.75, 3.05) is 6.54 Å². The molecule has 86 valence electrons. The lowest BCUT2D eigenvalue weighted by Gasteiger charge is -2.12. The van der Waals surface area contributed by atoms with Crippen molar-refractivity contribution in [1.29, 1.82) is 0 Å². The molecule has 1 N–H and O–H groups in total. The number of hydrogen-bond donors (Lipinski definition) is 1. The summed E-state index contributed by atoms with van der Waals surface area (Å²) in [6.07, 6.45) is 8.27. The quantitative estimate of drug-likeness (QED) is 0.863. The largest absolute Gasteiger partial charge is 0.311 e. The average Bonchev–Trinajstić information content (AvgIpc) is 2.74. The van der Waals surface area contributed by atoms with Gasteiger partial charge in [-0.05, 0) is 24.7 Å². The number of nitrogens with zero attached hydrogens (tertiary/aromatic N) is 2. The molecule has 3 nitrogen and oxygen atoms in total. The van der Waals surface area contributed by atoms with Gasteiger partial charge in [-0.2, -0.15) is 0 Å². The number of imidazole rings is 1. The Morgan fingerprint density at radius 2 is 2.44 bits per heavy atom. The molecule has 4 heteroatoms. The van der Waals surface area contributed by atoms with Crippen molar-refractivity contribution >= 4 is 16.3 Å². The third-order valence-electron chi connectivity index (χ3n) is 3.66. The third-order valence-corrected chi connectivity index (χ3v) is 4.43. The van der Waals surface area contributed by atoms with Crippen LogP contribution in [0.5, 0.6) is 0 Å². The minimum absolute atomic E-state index is 0.622. The van der Waals surface area contributed by atoms with Gasteiger partial charge < -0.3 is 5.32 Å². The van der Waals surface area contributed by atoms with Crippen LogP contribution in [0.4, 0.5) is 0 Å². The Morgan fingerprint density at radius 1 is 1.56 bits per heavy atom. The number of nitrogens with one attached hydrogen (secondary N) is 1. The molecule has 2 aromatic rings. The Kier molecular flexibility index (Phi) is 2.48. The van der Waals surface area contributed by atoms with Gasteiger partial charge in [-0.3, -0.25) is 4.40 Å². The van der Waals surface area contributed by atoms with Gasteiger partial charge in [-0.15, -0.1) is 11.3 Å². The first kappa shape index (κ1) is 10.3. The van der Waals surface area contributed by atoms with E-state index in [-0.39, 0.29) is 0 Å². The van der Waals surface area contributed by atoms with Crippen LogP contribution < -0.4 is 5.32 Å². The van der Waals surface area contributed by atoms with Crippen molar-refractivity contribution in [1.82, 2.24) is 14.7 Å². The van der Waals surface area contributed by atoms with Gasteiger partial charge in [0.25, 0.3) is 0 Å². The minimum Gasteiger partial charge on any atom is -0.311 e. The zero-order chi connectivity index (χ0) is 11.0. The summed E-state index contributed by atoms with van der Waals surface area (Å²) in [5.74, 6) is 0. The summed E-state index contributed by atoms with van der Waals surface area (Å²) >= 11 is 1.69. The normalized spacial score (nSPS) is 18.1. The van der Waals surface area contributed by atoms with Crippen molar-refractivity contribution in [3.63, 3.8) is 0 Å². The molecular weight excluding hydrogens is 218 g/mol. The van der Waals surface area contributed by atoms with Crippen molar-refractivity contribution in [3.8, 4) is 0 Å². The molecule has 1 aliphatic rings. The first-order chi connectivity index (χ1) is 7.81. The maximum Gasteiger partial charge on any atom is 0.193 e. The number of rotatable bonds is 5. The fraction of sp³-hybridized carbons (Fsp3) is 0.583. The molecule has 0 unspecified atom stereocenters. The predicted molar refractivity (Wildman–Crippen MR) is 66.7 cm³/mol. The summed E-state index contributed by atoms with van der Waals surface area (Å²) in [6.45, 7) is 4.34. The molecule has 16 heavy (non-hydrogen) atoms. The summed E-state index contributed by atoms with van der Waals surface area (Å²) in [4.78, 5) is 5.65. The standard InChI is InChI=1S/C12H17N3S/c1-2-12(3-4-12)9-13-7-10-8-15-5-6-16-11(15)14-10/h5-6,8,13H,2-4,7,9H2,1H3. The maximum absolute atomic E-state index is 4.56. The second-order valence-corrected chi connectivity index (χ2v) is 5.66. The van der Waals surface area contributed by atoms with E-state index in [0.29, 0.717) is 5.41 Å². The van der Waals surface area contributed by atoms with E-state index in [1.807, 2.05) is 0 Å². The summed E-state index contributed by atoms with van der Waals surface area (Å²) in [5, 5.41) is 5.60. The Balaban J connectivity index is 1.57. The summed E-state index contributed by atoms with van der Waals surface area (Å²) < 4.78 is 2.09. The summed E-state index contributed by atoms with van der Waals surface area (Å²) in [6, 6.07) is 0. The molecule has 0 aliphatic heterocycles. The second kappa shape index (κ2) is 3.86. The van der Waals surface area contributed by atoms with Crippen LogP contribution in [-0.2, 0) is 6.54 Å². The second-order valence-electron chi connectivity index (χ2n) is 4.78. The van der Waals surface area contributed by atoms with Crippen molar-refractivity contribution in [2.45, 2.75) is 32.7 Å². The van der Waals surface area contributed by atoms with Crippen LogP contribution in [0.25, 0.3) is 4.96 Å². The molecule has 0 atom stereocenters. The van der Waals surface area contributed by atoms with Crippen LogP contribution in [0, 0.1) is 5.41 Å². The molecule has 0 amide bonds. The highest BCUT2D eigenvalue weighted by atomic mass is 32.1. The van der Waals surface area contributed by atoms with E-state index < -0.39 is 0 Å². The fourth-order valence-corrected chi connectivity index (χ4v) is 2.87. The van der Waals surface area contributed by atoms with Crippen molar-refractivity contribution < 1.29 is 0 Å². The van der Waals surface area contributed by atoms with E-state index in [9.17, 15) is 0 Å². The molecule has 2 aromatic heterocycles. The summed E-state index contributed by atoms with van der Waals surface area (Å²) in [5.41, 5.74) is 1.77. The lowest BCUT2D eigenvalue weighted by molar-refractivity contribution is 0.442. The van der Waals surface area contributed by atoms with Gasteiger partial charge in [0.15, 0.2) is 4.96 Å². The van der Waals surface area contributed by atoms with Crippen LogP contribution in [-0.4, -0.2) is 15.9 Å². The van der Waals surface area contributed by atoms with Crippen molar-refractivity contribution in [3.05, 3.63) is 23.5 Å². The average molecular weight is 235 g/mol. The molecule has 0 saturated heterocycles. The van der Waals surface area contributed by atoms with Gasteiger partial charge in [0.1, 0.15) is 0 Å². The number of thiazole rings is 1. The molecule has 0 spiro atoms. The molecule has 0 radical (unpaired) electrons. The van der Waals surface area contributed by atoms with Crippen LogP contribution in [0.15, 0.2) is 17.8 Å². The van der Waals surface area contributed by atoms with Crippen LogP contribution in [0.2, 0.25) is 0 Å². The highest BCUT2D eigenvalue weighted by Crippen LogP contribution is 2.47. The molecule has 0 aromatic carbocycles. The van der Waals surface area contributed by atoms with E-state index in [4.69, 9.17) is 0 Å². The van der Waals surface area contributed by atoms with E-state index in [1.165, 1.54) is 19.3 Å². The Hall–Kier alpha value is -0.870. The molecule has 3 rings (SSSR count). The molecular formula is C12H17N3S. The van der Waals surface area contributed by atoms with Crippen molar-refractivity contribution in [2.24, 2.45) is 5.41 Å².